The fourth-order valence-electron chi connectivity index (χ4n) is 1.11. The summed E-state index contributed by atoms with van der Waals surface area (Å²) in [7, 11) is 0. The van der Waals surface area contributed by atoms with E-state index < -0.39 is 0 Å². The molecule has 1 aromatic heterocycles. The second-order valence-electron chi connectivity index (χ2n) is 3.20. The van der Waals surface area contributed by atoms with Crippen molar-refractivity contribution in [3.8, 4) is 0 Å². The van der Waals surface area contributed by atoms with Crippen LogP contribution in [0.4, 0.5) is 5.82 Å². The summed E-state index contributed by atoms with van der Waals surface area (Å²) in [6.45, 7) is 3.26. The Kier molecular flexibility index (Phi) is 4.82. The number of anilines is 1. The molecule has 80 valence electrons. The maximum atomic E-state index is 8.71. The highest BCUT2D eigenvalue weighted by Crippen LogP contribution is 2.13. The SMILES string of the molecule is CC(CCO)SCCn1ccc(N)n1. The first kappa shape index (κ1) is 11.4. The average Bonchev–Trinajstić information content (AvgIpc) is 2.52. The van der Waals surface area contributed by atoms with Gasteiger partial charge in [-0.2, -0.15) is 16.9 Å². The van der Waals surface area contributed by atoms with E-state index >= 15 is 0 Å². The maximum Gasteiger partial charge on any atom is 0.145 e. The molecule has 14 heavy (non-hydrogen) atoms. The molecule has 0 aliphatic heterocycles. The number of nitrogens with zero attached hydrogens (tertiary/aromatic N) is 2. The molecule has 0 saturated carbocycles. The van der Waals surface area contributed by atoms with Crippen molar-refractivity contribution >= 4 is 17.6 Å². The Labute approximate surface area is 88.5 Å². The van der Waals surface area contributed by atoms with Gasteiger partial charge in [0.25, 0.3) is 0 Å². The van der Waals surface area contributed by atoms with Gasteiger partial charge in [-0.1, -0.05) is 6.92 Å². The second-order valence-corrected chi connectivity index (χ2v) is 4.74. The van der Waals surface area contributed by atoms with Crippen LogP contribution >= 0.6 is 11.8 Å². The van der Waals surface area contributed by atoms with Crippen molar-refractivity contribution in [1.82, 2.24) is 9.78 Å². The maximum absolute atomic E-state index is 8.71. The molecule has 0 aromatic carbocycles. The molecule has 3 N–H and O–H groups in total. The minimum Gasteiger partial charge on any atom is -0.396 e. The Hall–Kier alpha value is -0.680. The number of aliphatic hydroxyl groups excluding tert-OH is 1. The third-order valence-electron chi connectivity index (χ3n) is 1.92. The standard InChI is InChI=1S/C9H17N3OS/c1-8(3-6-13)14-7-5-12-4-2-9(10)11-12/h2,4,8,13H,3,5-7H2,1H3,(H2,10,11). The van der Waals surface area contributed by atoms with E-state index in [1.165, 1.54) is 0 Å². The monoisotopic (exact) mass is 215 g/mol. The molecule has 0 spiro atoms. The number of aromatic nitrogens is 2. The zero-order chi connectivity index (χ0) is 10.4. The Bertz CT molecular complexity index is 264. The molecule has 0 aliphatic rings. The normalized spacial score (nSPS) is 13.0. The smallest absolute Gasteiger partial charge is 0.145 e. The predicted molar refractivity (Wildman–Crippen MR) is 60.3 cm³/mol. The Morgan fingerprint density at radius 1 is 1.71 bits per heavy atom. The van der Waals surface area contributed by atoms with Gasteiger partial charge in [-0.05, 0) is 12.5 Å². The van der Waals surface area contributed by atoms with Crippen LogP contribution in [-0.2, 0) is 6.54 Å². The summed E-state index contributed by atoms with van der Waals surface area (Å²) in [6, 6.07) is 1.79. The van der Waals surface area contributed by atoms with E-state index in [1.807, 2.05) is 22.6 Å². The van der Waals surface area contributed by atoms with Crippen LogP contribution in [0.15, 0.2) is 12.3 Å². The van der Waals surface area contributed by atoms with Crippen LogP contribution in [0.25, 0.3) is 0 Å². The summed E-state index contributed by atoms with van der Waals surface area (Å²) in [6.07, 6.45) is 2.73. The van der Waals surface area contributed by atoms with Gasteiger partial charge >= 0.3 is 0 Å². The van der Waals surface area contributed by atoms with Crippen LogP contribution in [-0.4, -0.2) is 32.5 Å². The van der Waals surface area contributed by atoms with Gasteiger partial charge in [0.1, 0.15) is 5.82 Å². The number of nitrogen functional groups attached to an aromatic ring is 1. The molecular formula is C9H17N3OS. The van der Waals surface area contributed by atoms with Crippen molar-refractivity contribution in [3.05, 3.63) is 12.3 Å². The van der Waals surface area contributed by atoms with Crippen molar-refractivity contribution in [3.63, 3.8) is 0 Å². The first-order valence-electron chi connectivity index (χ1n) is 4.73. The van der Waals surface area contributed by atoms with Gasteiger partial charge in [-0.25, -0.2) is 0 Å². The highest BCUT2D eigenvalue weighted by molar-refractivity contribution is 7.99. The number of rotatable bonds is 6. The molecule has 0 radical (unpaired) electrons. The number of aryl methyl sites for hydroxylation is 1. The van der Waals surface area contributed by atoms with Crippen LogP contribution in [0.3, 0.4) is 0 Å². The molecule has 4 nitrogen and oxygen atoms in total. The van der Waals surface area contributed by atoms with Gasteiger partial charge in [0.05, 0.1) is 6.54 Å². The lowest BCUT2D eigenvalue weighted by Crippen LogP contribution is -2.06. The summed E-state index contributed by atoms with van der Waals surface area (Å²) < 4.78 is 1.84. The van der Waals surface area contributed by atoms with Gasteiger partial charge < -0.3 is 10.8 Å². The van der Waals surface area contributed by atoms with Crippen molar-refractivity contribution in [2.75, 3.05) is 18.1 Å². The van der Waals surface area contributed by atoms with E-state index in [1.54, 1.807) is 6.07 Å². The summed E-state index contributed by atoms with van der Waals surface area (Å²) in [5.74, 6) is 1.57. The Balaban J connectivity index is 2.15. The minimum atomic E-state index is 0.267. The van der Waals surface area contributed by atoms with E-state index in [2.05, 4.69) is 12.0 Å². The first-order chi connectivity index (χ1) is 6.72. The van der Waals surface area contributed by atoms with E-state index in [4.69, 9.17) is 10.8 Å². The topological polar surface area (TPSA) is 64.1 Å². The lowest BCUT2D eigenvalue weighted by atomic mass is 10.3. The van der Waals surface area contributed by atoms with Crippen molar-refractivity contribution in [2.24, 2.45) is 0 Å². The number of aliphatic hydroxyl groups is 1. The van der Waals surface area contributed by atoms with Gasteiger partial charge in [0, 0.05) is 23.8 Å². The van der Waals surface area contributed by atoms with Crippen LogP contribution in [0, 0.1) is 0 Å². The van der Waals surface area contributed by atoms with E-state index in [0.29, 0.717) is 11.1 Å². The number of thioether (sulfide) groups is 1. The highest BCUT2D eigenvalue weighted by atomic mass is 32.2. The third-order valence-corrected chi connectivity index (χ3v) is 3.14. The molecule has 1 aromatic rings. The number of hydrogen-bond donors (Lipinski definition) is 2. The molecule has 1 atom stereocenters. The molecule has 0 aliphatic carbocycles. The lowest BCUT2D eigenvalue weighted by molar-refractivity contribution is 0.289. The van der Waals surface area contributed by atoms with Crippen molar-refractivity contribution < 1.29 is 5.11 Å². The lowest BCUT2D eigenvalue weighted by Gasteiger charge is -2.08. The third kappa shape index (κ3) is 4.02. The van der Waals surface area contributed by atoms with E-state index in [9.17, 15) is 0 Å². The zero-order valence-electron chi connectivity index (χ0n) is 8.39. The van der Waals surface area contributed by atoms with Crippen LogP contribution in [0.5, 0.6) is 0 Å². The molecular weight excluding hydrogens is 198 g/mol. The van der Waals surface area contributed by atoms with Gasteiger partial charge in [-0.3, -0.25) is 4.68 Å². The van der Waals surface area contributed by atoms with Crippen LogP contribution in [0.1, 0.15) is 13.3 Å². The Morgan fingerprint density at radius 2 is 2.50 bits per heavy atom. The van der Waals surface area contributed by atoms with E-state index in [-0.39, 0.29) is 6.61 Å². The molecule has 0 saturated heterocycles. The molecule has 1 rings (SSSR count). The summed E-state index contributed by atoms with van der Waals surface area (Å²) >= 11 is 1.84. The summed E-state index contributed by atoms with van der Waals surface area (Å²) in [5, 5.41) is 13.3. The zero-order valence-corrected chi connectivity index (χ0v) is 9.20. The first-order valence-corrected chi connectivity index (χ1v) is 5.78. The molecule has 0 amide bonds. The summed E-state index contributed by atoms with van der Waals surface area (Å²) in [4.78, 5) is 0. The quantitative estimate of drug-likeness (QED) is 0.742. The largest absolute Gasteiger partial charge is 0.396 e. The van der Waals surface area contributed by atoms with Gasteiger partial charge in [0.2, 0.25) is 0 Å². The van der Waals surface area contributed by atoms with Crippen molar-refractivity contribution in [2.45, 2.75) is 25.1 Å². The molecule has 5 heteroatoms. The van der Waals surface area contributed by atoms with E-state index in [0.717, 1.165) is 18.7 Å². The Morgan fingerprint density at radius 3 is 3.07 bits per heavy atom. The number of nitrogens with two attached hydrogens (primary N) is 1. The van der Waals surface area contributed by atoms with Crippen LogP contribution < -0.4 is 5.73 Å². The van der Waals surface area contributed by atoms with Gasteiger partial charge in [0.15, 0.2) is 0 Å². The number of hydrogen-bond acceptors (Lipinski definition) is 4. The highest BCUT2D eigenvalue weighted by Gasteiger charge is 2.01. The van der Waals surface area contributed by atoms with Crippen molar-refractivity contribution in [1.29, 1.82) is 0 Å². The molecule has 1 unspecified atom stereocenters. The molecule has 1 heterocycles. The average molecular weight is 215 g/mol. The fourth-order valence-corrected chi connectivity index (χ4v) is 2.08. The molecule has 0 bridgehead atoms. The fraction of sp³-hybridized carbons (Fsp3) is 0.667. The second kappa shape index (κ2) is 5.93. The minimum absolute atomic E-state index is 0.267. The van der Waals surface area contributed by atoms with Crippen LogP contribution in [0.2, 0.25) is 0 Å². The van der Waals surface area contributed by atoms with Gasteiger partial charge in [-0.15, -0.1) is 0 Å². The molecule has 0 fully saturated rings. The predicted octanol–water partition coefficient (Wildman–Crippen LogP) is 0.969. The summed E-state index contributed by atoms with van der Waals surface area (Å²) in [5.41, 5.74) is 5.49.